The Labute approximate surface area is 429 Å². The smallest absolute Gasteiger partial charge is 0.252 e. The molecule has 0 bridgehead atoms. The van der Waals surface area contributed by atoms with E-state index in [0.29, 0.717) is 0 Å². The number of para-hydroxylation sites is 1. The minimum Gasteiger partial charge on any atom is -0.334 e. The van der Waals surface area contributed by atoms with Crippen LogP contribution in [-0.4, -0.2) is 12.3 Å². The van der Waals surface area contributed by atoms with Crippen LogP contribution < -0.4 is 31.1 Å². The number of hydrogen-bond donors (Lipinski definition) is 0. The molecule has 0 aromatic heterocycles. The highest BCUT2D eigenvalue weighted by Gasteiger charge is 2.58. The average molecular weight is 938 g/mol. The molecule has 72 heavy (non-hydrogen) atoms. The molecule has 358 valence electrons. The van der Waals surface area contributed by atoms with Crippen LogP contribution in [0.3, 0.4) is 0 Å². The van der Waals surface area contributed by atoms with Gasteiger partial charge in [0.2, 0.25) is 0 Å². The van der Waals surface area contributed by atoms with Crippen molar-refractivity contribution in [3.05, 3.63) is 197 Å². The van der Waals surface area contributed by atoms with Gasteiger partial charge < -0.3 is 14.7 Å². The fourth-order valence-electron chi connectivity index (χ4n) is 14.2. The van der Waals surface area contributed by atoms with E-state index in [9.17, 15) is 0 Å². The molecule has 4 heteroatoms. The molecule has 2 atom stereocenters. The highest BCUT2D eigenvalue weighted by molar-refractivity contribution is 7.00. The summed E-state index contributed by atoms with van der Waals surface area (Å²) in [4.78, 5) is 8.06. The summed E-state index contributed by atoms with van der Waals surface area (Å²) in [5, 5.41) is 0. The van der Waals surface area contributed by atoms with Crippen LogP contribution in [0.5, 0.6) is 0 Å². The molecule has 1 fully saturated rings. The van der Waals surface area contributed by atoms with Crippen molar-refractivity contribution in [3.63, 3.8) is 0 Å². The van der Waals surface area contributed by atoms with Crippen LogP contribution in [0, 0.1) is 6.92 Å². The molecule has 3 heterocycles. The van der Waals surface area contributed by atoms with Crippen LogP contribution in [0.4, 0.5) is 45.5 Å². The highest BCUT2D eigenvalue weighted by atomic mass is 15.3. The fraction of sp³-hybridized carbons (Fsp3) is 0.294. The Hall–Kier alpha value is -6.78. The van der Waals surface area contributed by atoms with Crippen LogP contribution >= 0.6 is 0 Å². The van der Waals surface area contributed by atoms with Crippen LogP contribution in [0.15, 0.2) is 164 Å². The van der Waals surface area contributed by atoms with Crippen LogP contribution in [-0.2, 0) is 21.7 Å². The monoisotopic (exact) mass is 938 g/mol. The third-order valence-electron chi connectivity index (χ3n) is 18.3. The fourth-order valence-corrected chi connectivity index (χ4v) is 14.2. The maximum atomic E-state index is 2.76. The second kappa shape index (κ2) is 15.4. The zero-order valence-electron chi connectivity index (χ0n) is 44.3. The van der Waals surface area contributed by atoms with E-state index in [4.69, 9.17) is 0 Å². The number of rotatable bonds is 4. The first kappa shape index (κ1) is 45.1. The Morgan fingerprint density at radius 1 is 0.444 bits per heavy atom. The Morgan fingerprint density at radius 2 is 1.07 bits per heavy atom. The Bertz CT molecular complexity index is 3550. The summed E-state index contributed by atoms with van der Waals surface area (Å²) in [6, 6.07) is 64.1. The first-order valence-corrected chi connectivity index (χ1v) is 26.8. The lowest BCUT2D eigenvalue weighted by molar-refractivity contribution is 0.195. The minimum absolute atomic E-state index is 0.00464. The lowest BCUT2D eigenvalue weighted by Gasteiger charge is -2.50. The topological polar surface area (TPSA) is 9.72 Å². The van der Waals surface area contributed by atoms with Crippen molar-refractivity contribution in [1.29, 1.82) is 0 Å². The third-order valence-corrected chi connectivity index (χ3v) is 18.3. The van der Waals surface area contributed by atoms with Gasteiger partial charge in [0.15, 0.2) is 0 Å². The van der Waals surface area contributed by atoms with E-state index in [1.54, 1.807) is 0 Å². The van der Waals surface area contributed by atoms with Gasteiger partial charge >= 0.3 is 0 Å². The molecule has 8 aromatic carbocycles. The minimum atomic E-state index is -0.150. The van der Waals surface area contributed by atoms with Crippen molar-refractivity contribution in [1.82, 2.24) is 0 Å². The molecule has 13 rings (SSSR count). The Kier molecular flexibility index (Phi) is 9.63. The molecule has 0 radical (unpaired) electrons. The van der Waals surface area contributed by atoms with Gasteiger partial charge in [0, 0.05) is 56.2 Å². The van der Waals surface area contributed by atoms with Gasteiger partial charge in [-0.1, -0.05) is 178 Å². The van der Waals surface area contributed by atoms with Gasteiger partial charge in [-0.3, -0.25) is 0 Å². The molecule has 2 aliphatic carbocycles. The molecule has 2 unspecified atom stereocenters. The molecule has 0 amide bonds. The summed E-state index contributed by atoms with van der Waals surface area (Å²) < 4.78 is 0. The van der Waals surface area contributed by atoms with Crippen LogP contribution in [0.1, 0.15) is 128 Å². The average Bonchev–Trinajstić information content (AvgIpc) is 3.72. The maximum Gasteiger partial charge on any atom is 0.252 e. The van der Waals surface area contributed by atoms with Crippen molar-refractivity contribution in [2.24, 2.45) is 0 Å². The number of aryl methyl sites for hydroxylation is 1. The molecule has 3 aliphatic heterocycles. The lowest BCUT2D eigenvalue weighted by Crippen LogP contribution is -2.61. The summed E-state index contributed by atoms with van der Waals surface area (Å²) in [5.41, 5.74) is 27.3. The van der Waals surface area contributed by atoms with E-state index in [1.807, 2.05) is 0 Å². The number of hydrogen-bond acceptors (Lipinski definition) is 3. The van der Waals surface area contributed by atoms with Gasteiger partial charge in [-0.2, -0.15) is 0 Å². The van der Waals surface area contributed by atoms with Crippen molar-refractivity contribution in [3.8, 4) is 22.3 Å². The number of nitrogens with zero attached hydrogens (tertiary/aromatic N) is 3. The standard InChI is InChI=1S/C68H68BN3/c1-43-37-61-63-62(38-43)71(57-33-27-45(64(2,3)4)39-51(57)44-21-13-12-14-22-44)59-34-28-46(65(5,6)7)40-56(59)69(63)55-32-30-48(72-58-26-18-17-25-53(58)67(10)35-19-20-36-68(67,72)11)42-60(55)70(61)47-29-31-50-49-23-15-16-24-52(49)66(8,9)54(50)41-47/h12-18,21-34,37-42H,19-20,35-36H2,1-11H3. The molecular weight excluding hydrogens is 870 g/mol. The van der Waals surface area contributed by atoms with Gasteiger partial charge in [0.05, 0.1) is 11.2 Å². The number of anilines is 8. The van der Waals surface area contributed by atoms with Gasteiger partial charge in [-0.25, -0.2) is 0 Å². The van der Waals surface area contributed by atoms with Gasteiger partial charge in [-0.05, 0) is 165 Å². The molecule has 5 aliphatic rings. The number of fused-ring (bicyclic) bond motifs is 10. The quantitative estimate of drug-likeness (QED) is 0.163. The van der Waals surface area contributed by atoms with Crippen molar-refractivity contribution < 1.29 is 0 Å². The Balaban J connectivity index is 1.11. The van der Waals surface area contributed by atoms with Crippen molar-refractivity contribution in [2.45, 2.75) is 129 Å². The summed E-state index contributed by atoms with van der Waals surface area (Å²) >= 11 is 0. The van der Waals surface area contributed by atoms with Gasteiger partial charge in [0.1, 0.15) is 0 Å². The molecule has 3 nitrogen and oxygen atoms in total. The zero-order chi connectivity index (χ0) is 49.9. The van der Waals surface area contributed by atoms with Gasteiger partial charge in [-0.15, -0.1) is 0 Å². The Morgan fingerprint density at radius 3 is 1.82 bits per heavy atom. The zero-order valence-corrected chi connectivity index (χ0v) is 44.3. The predicted molar refractivity (Wildman–Crippen MR) is 308 cm³/mol. The molecule has 0 N–H and O–H groups in total. The van der Waals surface area contributed by atoms with E-state index < -0.39 is 0 Å². The molecule has 0 spiro atoms. The summed E-state index contributed by atoms with van der Waals surface area (Å²) in [6.45, 7) is 26.3. The lowest BCUT2D eigenvalue weighted by atomic mass is 9.33. The normalized spacial score (nSPS) is 20.0. The highest BCUT2D eigenvalue weighted by Crippen LogP contribution is 2.61. The van der Waals surface area contributed by atoms with E-state index >= 15 is 0 Å². The molecule has 1 saturated carbocycles. The molecule has 8 aromatic rings. The summed E-state index contributed by atoms with van der Waals surface area (Å²) in [6.07, 6.45) is 4.87. The third kappa shape index (κ3) is 6.29. The SMILES string of the molecule is Cc1cc2c3c(c1)N(c1ccc(C(C)(C)C)cc1-c1ccccc1)c1ccc(C(C)(C)C)cc1B3c1ccc(N3c4ccccc4C4(C)CCCCC34C)cc1N2c1ccc2c(c1)C(C)(C)c1ccccc1-2. The second-order valence-electron chi connectivity index (χ2n) is 25.0. The van der Waals surface area contributed by atoms with E-state index in [-0.39, 0.29) is 33.9 Å². The van der Waals surface area contributed by atoms with Crippen molar-refractivity contribution in [2.75, 3.05) is 14.7 Å². The predicted octanol–water partition coefficient (Wildman–Crippen LogP) is 16.4. The van der Waals surface area contributed by atoms with Gasteiger partial charge in [0.25, 0.3) is 6.71 Å². The van der Waals surface area contributed by atoms with Crippen LogP contribution in [0.2, 0.25) is 0 Å². The molecule has 0 saturated heterocycles. The largest absolute Gasteiger partial charge is 0.334 e. The van der Waals surface area contributed by atoms with Crippen molar-refractivity contribution >= 4 is 68.6 Å². The molecular formula is C68H68BN3. The maximum absolute atomic E-state index is 2.76. The summed E-state index contributed by atoms with van der Waals surface area (Å²) in [7, 11) is 0. The second-order valence-corrected chi connectivity index (χ2v) is 25.0. The van der Waals surface area contributed by atoms with E-state index in [0.717, 1.165) is 6.42 Å². The van der Waals surface area contributed by atoms with E-state index in [2.05, 4.69) is 255 Å². The first-order valence-electron chi connectivity index (χ1n) is 26.8. The first-order chi connectivity index (χ1) is 34.4. The van der Waals surface area contributed by atoms with Crippen LogP contribution in [0.25, 0.3) is 22.3 Å². The summed E-state index contributed by atoms with van der Waals surface area (Å²) in [5.74, 6) is 0. The number of benzene rings is 8. The van der Waals surface area contributed by atoms with E-state index in [1.165, 1.54) is 137 Å².